The van der Waals surface area contributed by atoms with Crippen LogP contribution >= 0.6 is 0 Å². The summed E-state index contributed by atoms with van der Waals surface area (Å²) in [5.41, 5.74) is 1.21. The molecule has 0 aromatic carbocycles. The third-order valence-corrected chi connectivity index (χ3v) is 3.19. The molecule has 0 spiro atoms. The number of aliphatic hydroxyl groups is 1. The molecule has 1 rings (SSSR count). The summed E-state index contributed by atoms with van der Waals surface area (Å²) in [5.74, 6) is 6.03. The highest BCUT2D eigenvalue weighted by Crippen LogP contribution is 2.16. The van der Waals surface area contributed by atoms with Gasteiger partial charge in [0.15, 0.2) is 0 Å². The Labute approximate surface area is 112 Å². The summed E-state index contributed by atoms with van der Waals surface area (Å²) in [6, 6.07) is 0. The van der Waals surface area contributed by atoms with Crippen LogP contribution in [0.4, 0.5) is 0 Å². The first-order chi connectivity index (χ1) is 8.83. The molecule has 0 saturated carbocycles. The van der Waals surface area contributed by atoms with Crippen molar-refractivity contribution in [2.45, 2.75) is 70.8 Å². The Bertz CT molecular complexity index is 327. The molecule has 0 aromatic heterocycles. The Kier molecular flexibility index (Phi) is 8.34. The van der Waals surface area contributed by atoms with Crippen molar-refractivity contribution in [1.29, 1.82) is 0 Å². The smallest absolute Gasteiger partial charge is 0.115 e. The predicted octanol–water partition coefficient (Wildman–Crippen LogP) is 4.38. The summed E-state index contributed by atoms with van der Waals surface area (Å²) in [4.78, 5) is 0. The first-order valence-corrected chi connectivity index (χ1v) is 7.36. The van der Waals surface area contributed by atoms with Crippen LogP contribution in [-0.2, 0) is 0 Å². The van der Waals surface area contributed by atoms with Crippen LogP contribution in [-0.4, -0.2) is 11.2 Å². The van der Waals surface area contributed by atoms with Crippen molar-refractivity contribution in [3.8, 4) is 11.8 Å². The maximum absolute atomic E-state index is 9.72. The van der Waals surface area contributed by atoms with Gasteiger partial charge in [-0.1, -0.05) is 49.8 Å². The van der Waals surface area contributed by atoms with E-state index in [1.54, 1.807) is 0 Å². The molecule has 0 heterocycles. The Balaban J connectivity index is 2.07. The molecule has 0 amide bonds. The Morgan fingerprint density at radius 3 is 2.89 bits per heavy atom. The van der Waals surface area contributed by atoms with Crippen molar-refractivity contribution in [2.24, 2.45) is 0 Å². The first kappa shape index (κ1) is 15.1. The lowest BCUT2D eigenvalue weighted by Gasteiger charge is -1.99. The number of rotatable bonds is 7. The van der Waals surface area contributed by atoms with E-state index in [-0.39, 0.29) is 0 Å². The average Bonchev–Trinajstić information content (AvgIpc) is 2.88. The van der Waals surface area contributed by atoms with Crippen molar-refractivity contribution in [2.75, 3.05) is 0 Å². The molecule has 1 aliphatic rings. The van der Waals surface area contributed by atoms with Crippen LogP contribution in [0.5, 0.6) is 0 Å². The van der Waals surface area contributed by atoms with Crippen LogP contribution in [0, 0.1) is 11.8 Å². The van der Waals surface area contributed by atoms with Crippen molar-refractivity contribution in [3.63, 3.8) is 0 Å². The monoisotopic (exact) mass is 246 g/mol. The Morgan fingerprint density at radius 2 is 2.17 bits per heavy atom. The molecular formula is C17H26O. The minimum atomic E-state index is -0.466. The molecule has 0 radical (unpaired) electrons. The normalized spacial score (nSPS) is 16.4. The zero-order chi connectivity index (χ0) is 13.1. The number of hydrogen-bond acceptors (Lipinski definition) is 1. The molecule has 18 heavy (non-hydrogen) atoms. The van der Waals surface area contributed by atoms with Gasteiger partial charge in [-0.25, -0.2) is 0 Å². The van der Waals surface area contributed by atoms with Gasteiger partial charge < -0.3 is 5.11 Å². The van der Waals surface area contributed by atoms with E-state index in [1.807, 2.05) is 0 Å². The van der Waals surface area contributed by atoms with Gasteiger partial charge in [-0.15, -0.1) is 0 Å². The van der Waals surface area contributed by atoms with Crippen LogP contribution in [0.2, 0.25) is 0 Å². The third kappa shape index (κ3) is 7.35. The fourth-order valence-corrected chi connectivity index (χ4v) is 2.03. The second kappa shape index (κ2) is 9.97. The fraction of sp³-hybridized carbons (Fsp3) is 0.647. The second-order valence-electron chi connectivity index (χ2n) is 4.95. The number of allylic oxidation sites excluding steroid dienone is 4. The van der Waals surface area contributed by atoms with Gasteiger partial charge in [0.2, 0.25) is 0 Å². The highest BCUT2D eigenvalue weighted by atomic mass is 16.3. The van der Waals surface area contributed by atoms with E-state index in [0.717, 1.165) is 25.7 Å². The van der Waals surface area contributed by atoms with Crippen LogP contribution in [0.1, 0.15) is 64.7 Å². The van der Waals surface area contributed by atoms with Crippen molar-refractivity contribution in [1.82, 2.24) is 0 Å². The SMILES string of the molecule is CCCCC/C=C\CC[C@@H](O)C#CC1=CCCC1. The Morgan fingerprint density at radius 1 is 1.33 bits per heavy atom. The first-order valence-electron chi connectivity index (χ1n) is 7.36. The van der Waals surface area contributed by atoms with Crippen LogP contribution in [0.25, 0.3) is 0 Å². The second-order valence-corrected chi connectivity index (χ2v) is 4.95. The summed E-state index contributed by atoms with van der Waals surface area (Å²) in [6.07, 6.45) is 16.3. The summed E-state index contributed by atoms with van der Waals surface area (Å²) in [7, 11) is 0. The molecule has 1 atom stereocenters. The van der Waals surface area contributed by atoms with E-state index in [9.17, 15) is 5.11 Å². The number of hydrogen-bond donors (Lipinski definition) is 1. The molecule has 0 bridgehead atoms. The van der Waals surface area contributed by atoms with Crippen LogP contribution in [0.3, 0.4) is 0 Å². The molecule has 0 aliphatic heterocycles. The summed E-state index contributed by atoms with van der Waals surface area (Å²) in [5, 5.41) is 9.72. The molecule has 0 aromatic rings. The van der Waals surface area contributed by atoms with E-state index in [4.69, 9.17) is 0 Å². The third-order valence-electron chi connectivity index (χ3n) is 3.19. The quantitative estimate of drug-likeness (QED) is 0.401. The van der Waals surface area contributed by atoms with E-state index >= 15 is 0 Å². The highest BCUT2D eigenvalue weighted by Gasteiger charge is 2.01. The fourth-order valence-electron chi connectivity index (χ4n) is 2.03. The Hall–Kier alpha value is -1.00. The molecule has 1 aliphatic carbocycles. The lowest BCUT2D eigenvalue weighted by molar-refractivity contribution is 0.223. The summed E-state index contributed by atoms with van der Waals surface area (Å²) in [6.45, 7) is 2.22. The maximum atomic E-state index is 9.72. The molecular weight excluding hydrogens is 220 g/mol. The van der Waals surface area contributed by atoms with E-state index < -0.39 is 6.10 Å². The molecule has 100 valence electrons. The van der Waals surface area contributed by atoms with Crippen LogP contribution < -0.4 is 0 Å². The lowest BCUT2D eigenvalue weighted by Crippen LogP contribution is -2.01. The van der Waals surface area contributed by atoms with Gasteiger partial charge in [-0.3, -0.25) is 0 Å². The molecule has 1 heteroatoms. The predicted molar refractivity (Wildman–Crippen MR) is 78.2 cm³/mol. The molecule has 0 unspecified atom stereocenters. The topological polar surface area (TPSA) is 20.2 Å². The van der Waals surface area contributed by atoms with Gasteiger partial charge in [0.05, 0.1) is 0 Å². The van der Waals surface area contributed by atoms with Gasteiger partial charge in [0.25, 0.3) is 0 Å². The van der Waals surface area contributed by atoms with E-state index in [2.05, 4.69) is 37.0 Å². The van der Waals surface area contributed by atoms with Gasteiger partial charge in [-0.2, -0.15) is 0 Å². The summed E-state index contributed by atoms with van der Waals surface area (Å²) >= 11 is 0. The molecule has 1 N–H and O–H groups in total. The van der Waals surface area contributed by atoms with Crippen molar-refractivity contribution >= 4 is 0 Å². The van der Waals surface area contributed by atoms with Gasteiger partial charge in [0.1, 0.15) is 6.10 Å². The minimum Gasteiger partial charge on any atom is -0.380 e. The van der Waals surface area contributed by atoms with E-state index in [0.29, 0.717) is 0 Å². The zero-order valence-electron chi connectivity index (χ0n) is 11.6. The minimum absolute atomic E-state index is 0.466. The number of aliphatic hydroxyl groups excluding tert-OH is 1. The zero-order valence-corrected chi connectivity index (χ0v) is 11.6. The van der Waals surface area contributed by atoms with Crippen LogP contribution in [0.15, 0.2) is 23.8 Å². The molecule has 0 saturated heterocycles. The molecule has 1 nitrogen and oxygen atoms in total. The van der Waals surface area contributed by atoms with Gasteiger partial charge in [0, 0.05) is 0 Å². The maximum Gasteiger partial charge on any atom is 0.115 e. The largest absolute Gasteiger partial charge is 0.380 e. The van der Waals surface area contributed by atoms with Crippen molar-refractivity contribution < 1.29 is 5.11 Å². The highest BCUT2D eigenvalue weighted by molar-refractivity contribution is 5.31. The average molecular weight is 246 g/mol. The van der Waals surface area contributed by atoms with Gasteiger partial charge >= 0.3 is 0 Å². The van der Waals surface area contributed by atoms with Crippen molar-refractivity contribution in [3.05, 3.63) is 23.8 Å². The van der Waals surface area contributed by atoms with E-state index in [1.165, 1.54) is 37.7 Å². The summed E-state index contributed by atoms with van der Waals surface area (Å²) < 4.78 is 0. The standard InChI is InChI=1S/C17H26O/c1-2-3-4-5-6-7-8-13-17(18)15-14-16-11-9-10-12-16/h6-7,11,17-18H,2-5,8-10,12-13H2,1H3/b7-6-/t17-/m1/s1. The molecule has 0 fully saturated rings. The lowest BCUT2D eigenvalue weighted by atomic mass is 10.1. The number of unbranched alkanes of at least 4 members (excludes halogenated alkanes) is 3. The van der Waals surface area contributed by atoms with Gasteiger partial charge in [-0.05, 0) is 50.5 Å².